The van der Waals surface area contributed by atoms with E-state index in [2.05, 4.69) is 10.2 Å². The van der Waals surface area contributed by atoms with Gasteiger partial charge < -0.3 is 5.73 Å². The Morgan fingerprint density at radius 2 is 1.81 bits per heavy atom. The fourth-order valence-electron chi connectivity index (χ4n) is 2.15. The zero-order chi connectivity index (χ0) is 15.0. The summed E-state index contributed by atoms with van der Waals surface area (Å²) in [5.41, 5.74) is 8.49. The monoisotopic (exact) mass is 321 g/mol. The molecule has 1 aromatic heterocycles. The second-order valence-corrected chi connectivity index (χ2v) is 5.28. The van der Waals surface area contributed by atoms with E-state index in [0.29, 0.717) is 27.7 Å². The lowest BCUT2D eigenvalue weighted by molar-refractivity contribution is 0.628. The Labute approximate surface area is 130 Å². The van der Waals surface area contributed by atoms with E-state index in [1.807, 2.05) is 18.2 Å². The van der Waals surface area contributed by atoms with Gasteiger partial charge in [0.2, 0.25) is 0 Å². The Morgan fingerprint density at radius 3 is 2.52 bits per heavy atom. The molecule has 21 heavy (non-hydrogen) atoms. The third-order valence-corrected chi connectivity index (χ3v) is 3.78. The van der Waals surface area contributed by atoms with E-state index in [1.165, 1.54) is 12.1 Å². The van der Waals surface area contributed by atoms with Gasteiger partial charge >= 0.3 is 0 Å². The zero-order valence-corrected chi connectivity index (χ0v) is 12.2. The average Bonchev–Trinajstić information content (AvgIpc) is 2.84. The minimum Gasteiger partial charge on any atom is -0.382 e. The predicted molar refractivity (Wildman–Crippen MR) is 83.9 cm³/mol. The molecule has 0 aliphatic rings. The van der Waals surface area contributed by atoms with Crippen LogP contribution in [0.2, 0.25) is 10.0 Å². The fourth-order valence-corrected chi connectivity index (χ4v) is 2.50. The Bertz CT molecular complexity index is 814. The van der Waals surface area contributed by atoms with Crippen LogP contribution >= 0.6 is 23.2 Å². The number of aromatic amines is 1. The van der Waals surface area contributed by atoms with Crippen LogP contribution < -0.4 is 5.73 Å². The van der Waals surface area contributed by atoms with Crippen LogP contribution in [0, 0.1) is 5.82 Å². The maximum absolute atomic E-state index is 13.7. The summed E-state index contributed by atoms with van der Waals surface area (Å²) in [6, 6.07) is 11.8. The topological polar surface area (TPSA) is 54.7 Å². The van der Waals surface area contributed by atoms with Gasteiger partial charge in [0, 0.05) is 16.1 Å². The summed E-state index contributed by atoms with van der Waals surface area (Å²) >= 11 is 11.9. The van der Waals surface area contributed by atoms with E-state index in [-0.39, 0.29) is 5.02 Å². The first kappa shape index (κ1) is 13.9. The number of nitrogens with zero attached hydrogens (tertiary/aromatic N) is 1. The summed E-state index contributed by atoms with van der Waals surface area (Å²) in [7, 11) is 0. The van der Waals surface area contributed by atoms with Crippen molar-refractivity contribution in [3.63, 3.8) is 0 Å². The fraction of sp³-hybridized carbons (Fsp3) is 0. The molecule has 6 heteroatoms. The molecular formula is C15H10Cl2FN3. The van der Waals surface area contributed by atoms with Crippen molar-refractivity contribution in [1.82, 2.24) is 10.2 Å². The lowest BCUT2D eigenvalue weighted by Gasteiger charge is -2.07. The first-order valence-corrected chi connectivity index (χ1v) is 6.87. The highest BCUT2D eigenvalue weighted by atomic mass is 35.5. The van der Waals surface area contributed by atoms with E-state index < -0.39 is 5.82 Å². The summed E-state index contributed by atoms with van der Waals surface area (Å²) in [6.45, 7) is 0. The first-order valence-electron chi connectivity index (χ1n) is 6.12. The number of nitrogen functional groups attached to an aromatic ring is 1. The molecule has 0 fully saturated rings. The van der Waals surface area contributed by atoms with Gasteiger partial charge in [0.05, 0.1) is 16.3 Å². The van der Waals surface area contributed by atoms with Crippen molar-refractivity contribution >= 4 is 29.0 Å². The van der Waals surface area contributed by atoms with Crippen LogP contribution in [0.4, 0.5) is 10.2 Å². The molecule has 3 nitrogen and oxygen atoms in total. The number of H-pyrrole nitrogens is 1. The summed E-state index contributed by atoms with van der Waals surface area (Å²) in [6.07, 6.45) is 0. The second kappa shape index (κ2) is 5.39. The lowest BCUT2D eigenvalue weighted by atomic mass is 10.0. The van der Waals surface area contributed by atoms with Crippen LogP contribution in [-0.2, 0) is 0 Å². The summed E-state index contributed by atoms with van der Waals surface area (Å²) in [4.78, 5) is 0. The smallest absolute Gasteiger partial charge is 0.153 e. The van der Waals surface area contributed by atoms with Crippen LogP contribution in [0.5, 0.6) is 0 Å². The minimum atomic E-state index is -0.507. The number of nitrogens with one attached hydrogen (secondary N) is 1. The number of hydrogen-bond donors (Lipinski definition) is 2. The Kier molecular flexibility index (Phi) is 3.57. The average molecular weight is 322 g/mol. The molecule has 0 spiro atoms. The minimum absolute atomic E-state index is 0.0607. The molecule has 0 aliphatic heterocycles. The molecule has 0 aliphatic carbocycles. The highest BCUT2D eigenvalue weighted by molar-refractivity contribution is 6.33. The zero-order valence-electron chi connectivity index (χ0n) is 10.7. The van der Waals surface area contributed by atoms with E-state index in [1.54, 1.807) is 12.1 Å². The molecule has 1 heterocycles. The molecule has 0 atom stereocenters. The van der Waals surface area contributed by atoms with Gasteiger partial charge in [-0.1, -0.05) is 47.5 Å². The normalized spacial score (nSPS) is 10.8. The lowest BCUT2D eigenvalue weighted by Crippen LogP contribution is -1.90. The van der Waals surface area contributed by atoms with Crippen LogP contribution in [0.25, 0.3) is 22.4 Å². The highest BCUT2D eigenvalue weighted by Gasteiger charge is 2.17. The van der Waals surface area contributed by atoms with Crippen LogP contribution in [0.3, 0.4) is 0 Å². The van der Waals surface area contributed by atoms with Crippen molar-refractivity contribution in [3.8, 4) is 22.4 Å². The molecule has 106 valence electrons. The van der Waals surface area contributed by atoms with Crippen LogP contribution in [0.15, 0.2) is 42.5 Å². The predicted octanol–water partition coefficient (Wildman–Crippen LogP) is 4.77. The van der Waals surface area contributed by atoms with E-state index in [4.69, 9.17) is 28.9 Å². The molecular weight excluding hydrogens is 312 g/mol. The van der Waals surface area contributed by atoms with Crippen LogP contribution in [0.1, 0.15) is 0 Å². The van der Waals surface area contributed by atoms with Gasteiger partial charge in [-0.15, -0.1) is 0 Å². The Morgan fingerprint density at radius 1 is 1.05 bits per heavy atom. The Hall–Kier alpha value is -2.04. The summed E-state index contributed by atoms with van der Waals surface area (Å²) in [5.74, 6) is -0.207. The van der Waals surface area contributed by atoms with Crippen molar-refractivity contribution < 1.29 is 4.39 Å². The quantitative estimate of drug-likeness (QED) is 0.714. The van der Waals surface area contributed by atoms with Gasteiger partial charge in [-0.05, 0) is 18.2 Å². The largest absolute Gasteiger partial charge is 0.382 e. The van der Waals surface area contributed by atoms with Crippen molar-refractivity contribution in [2.75, 3.05) is 5.73 Å². The molecule has 0 saturated carbocycles. The third kappa shape index (κ3) is 2.48. The number of hydrogen-bond acceptors (Lipinski definition) is 2. The van der Waals surface area contributed by atoms with Crippen molar-refractivity contribution in [3.05, 3.63) is 58.3 Å². The molecule has 2 aromatic carbocycles. The standard InChI is InChI=1S/C15H10Cl2FN3/c16-10-4-2-1-3-9(10)13-14(20-21-15(13)19)8-5-6-11(17)12(18)7-8/h1-7H,(H3,19,20,21). The number of benzene rings is 2. The Balaban J connectivity index is 2.22. The van der Waals surface area contributed by atoms with Crippen LogP contribution in [-0.4, -0.2) is 10.2 Å². The number of aromatic nitrogens is 2. The van der Waals surface area contributed by atoms with E-state index in [9.17, 15) is 4.39 Å². The molecule has 0 radical (unpaired) electrons. The second-order valence-electron chi connectivity index (χ2n) is 4.47. The number of halogens is 3. The molecule has 0 amide bonds. The maximum atomic E-state index is 13.7. The summed E-state index contributed by atoms with van der Waals surface area (Å²) < 4.78 is 13.7. The van der Waals surface area contributed by atoms with Gasteiger partial charge in [0.1, 0.15) is 5.82 Å². The SMILES string of the molecule is Nc1n[nH]c(-c2ccc(Cl)c(F)c2)c1-c1ccccc1Cl. The van der Waals surface area contributed by atoms with Crippen molar-refractivity contribution in [1.29, 1.82) is 0 Å². The molecule has 0 unspecified atom stereocenters. The molecule has 3 aromatic rings. The number of rotatable bonds is 2. The molecule has 0 saturated heterocycles. The van der Waals surface area contributed by atoms with Crippen molar-refractivity contribution in [2.45, 2.75) is 0 Å². The van der Waals surface area contributed by atoms with Gasteiger partial charge in [0.15, 0.2) is 5.82 Å². The van der Waals surface area contributed by atoms with Crippen molar-refractivity contribution in [2.24, 2.45) is 0 Å². The van der Waals surface area contributed by atoms with Gasteiger partial charge in [0.25, 0.3) is 0 Å². The van der Waals surface area contributed by atoms with Gasteiger partial charge in [-0.25, -0.2) is 4.39 Å². The van der Waals surface area contributed by atoms with E-state index >= 15 is 0 Å². The molecule has 3 rings (SSSR count). The number of nitrogens with two attached hydrogens (primary N) is 1. The maximum Gasteiger partial charge on any atom is 0.153 e. The third-order valence-electron chi connectivity index (χ3n) is 3.15. The first-order chi connectivity index (χ1) is 10.1. The highest BCUT2D eigenvalue weighted by Crippen LogP contribution is 2.38. The molecule has 0 bridgehead atoms. The number of anilines is 1. The molecule has 3 N–H and O–H groups in total. The van der Waals surface area contributed by atoms with Gasteiger partial charge in [-0.2, -0.15) is 5.10 Å². The van der Waals surface area contributed by atoms with Gasteiger partial charge in [-0.3, -0.25) is 5.10 Å². The summed E-state index contributed by atoms with van der Waals surface area (Å²) in [5, 5.41) is 7.42. The van der Waals surface area contributed by atoms with E-state index in [0.717, 1.165) is 5.56 Å².